The van der Waals surface area contributed by atoms with Gasteiger partial charge in [-0.25, -0.2) is 0 Å². The summed E-state index contributed by atoms with van der Waals surface area (Å²) in [6.45, 7) is 2.16. The van der Waals surface area contributed by atoms with Crippen molar-refractivity contribution in [2.75, 3.05) is 6.54 Å². The van der Waals surface area contributed by atoms with Crippen LogP contribution in [0.4, 0.5) is 0 Å². The second-order valence-electron chi connectivity index (χ2n) is 5.25. The highest BCUT2D eigenvalue weighted by Crippen LogP contribution is 2.24. The maximum absolute atomic E-state index is 11.9. The fourth-order valence-corrected chi connectivity index (χ4v) is 2.37. The van der Waals surface area contributed by atoms with Crippen LogP contribution in [0, 0.1) is 5.92 Å². The van der Waals surface area contributed by atoms with Gasteiger partial charge in [-0.05, 0) is 44.2 Å². The number of hydrogen-bond donors (Lipinski definition) is 3. The highest BCUT2D eigenvalue weighted by molar-refractivity contribution is 5.95. The molecule has 1 aromatic rings. The minimum atomic E-state index is -0.626. The molecule has 1 aromatic heterocycles. The van der Waals surface area contributed by atoms with Crippen LogP contribution in [0.15, 0.2) is 22.8 Å². The van der Waals surface area contributed by atoms with Crippen LogP contribution >= 0.6 is 0 Å². The topological polar surface area (TPSA) is 91.6 Å². The van der Waals surface area contributed by atoms with Gasteiger partial charge in [-0.15, -0.1) is 0 Å². The van der Waals surface area contributed by atoms with E-state index in [0.717, 1.165) is 19.3 Å². The molecule has 1 fully saturated rings. The van der Waals surface area contributed by atoms with Crippen molar-refractivity contribution in [3.63, 3.8) is 0 Å². The first-order chi connectivity index (χ1) is 9.56. The quantitative estimate of drug-likeness (QED) is 0.739. The fourth-order valence-electron chi connectivity index (χ4n) is 2.37. The Labute approximate surface area is 117 Å². The molecule has 1 saturated carbocycles. The minimum absolute atomic E-state index is 0.184. The zero-order valence-corrected chi connectivity index (χ0v) is 11.5. The number of aliphatic hydroxyl groups excluding tert-OH is 1. The molecule has 6 nitrogen and oxygen atoms in total. The van der Waals surface area contributed by atoms with Crippen LogP contribution in [0.2, 0.25) is 0 Å². The number of carbonyl (C=O) groups excluding carboxylic acids is 2. The van der Waals surface area contributed by atoms with E-state index in [1.165, 1.54) is 6.26 Å². The van der Waals surface area contributed by atoms with Crippen molar-refractivity contribution in [2.45, 2.75) is 38.3 Å². The first-order valence-electron chi connectivity index (χ1n) is 6.86. The van der Waals surface area contributed by atoms with E-state index in [-0.39, 0.29) is 17.8 Å². The van der Waals surface area contributed by atoms with Crippen LogP contribution in [0.1, 0.15) is 36.7 Å². The summed E-state index contributed by atoms with van der Waals surface area (Å²) in [5.41, 5.74) is 0. The fraction of sp³-hybridized carbons (Fsp3) is 0.571. The molecule has 2 rings (SSSR count). The van der Waals surface area contributed by atoms with E-state index >= 15 is 0 Å². The second-order valence-corrected chi connectivity index (χ2v) is 5.25. The van der Waals surface area contributed by atoms with E-state index in [9.17, 15) is 14.7 Å². The van der Waals surface area contributed by atoms with Crippen molar-refractivity contribution >= 4 is 11.8 Å². The predicted octanol–water partition coefficient (Wildman–Crippen LogP) is 0.675. The Morgan fingerprint density at radius 2 is 2.30 bits per heavy atom. The van der Waals surface area contributed by atoms with Crippen molar-refractivity contribution < 1.29 is 19.1 Å². The number of nitrogens with one attached hydrogen (secondary N) is 2. The molecule has 6 heteroatoms. The number of rotatable bonds is 5. The molecular formula is C14H20N2O4. The van der Waals surface area contributed by atoms with E-state index in [0.29, 0.717) is 12.5 Å². The zero-order chi connectivity index (χ0) is 14.5. The van der Waals surface area contributed by atoms with E-state index in [1.54, 1.807) is 19.1 Å². The molecule has 110 valence electrons. The Morgan fingerprint density at radius 3 is 2.90 bits per heavy atom. The molecule has 3 N–H and O–H groups in total. The second kappa shape index (κ2) is 6.56. The van der Waals surface area contributed by atoms with Gasteiger partial charge in [0.2, 0.25) is 5.91 Å². The van der Waals surface area contributed by atoms with Gasteiger partial charge in [0.05, 0.1) is 12.4 Å². The van der Waals surface area contributed by atoms with E-state index in [1.807, 2.05) is 0 Å². The van der Waals surface area contributed by atoms with Crippen LogP contribution < -0.4 is 10.6 Å². The van der Waals surface area contributed by atoms with Crippen LogP contribution in [-0.4, -0.2) is 35.6 Å². The lowest BCUT2D eigenvalue weighted by Crippen LogP contribution is -2.45. The van der Waals surface area contributed by atoms with Crippen molar-refractivity contribution in [2.24, 2.45) is 5.92 Å². The highest BCUT2D eigenvalue weighted by Gasteiger charge is 2.24. The maximum Gasteiger partial charge on any atom is 0.287 e. The lowest BCUT2D eigenvalue weighted by atomic mass is 10.1. The molecule has 0 radical (unpaired) electrons. The predicted molar refractivity (Wildman–Crippen MR) is 72.0 cm³/mol. The van der Waals surface area contributed by atoms with Gasteiger partial charge in [0.25, 0.3) is 5.91 Å². The van der Waals surface area contributed by atoms with E-state index < -0.39 is 11.9 Å². The molecule has 3 unspecified atom stereocenters. The summed E-state index contributed by atoms with van der Waals surface area (Å²) >= 11 is 0. The van der Waals surface area contributed by atoms with Gasteiger partial charge in [-0.1, -0.05) is 0 Å². The smallest absolute Gasteiger partial charge is 0.287 e. The van der Waals surface area contributed by atoms with Gasteiger partial charge in [0.15, 0.2) is 5.76 Å². The Balaban J connectivity index is 1.73. The first kappa shape index (κ1) is 14.6. The van der Waals surface area contributed by atoms with Crippen LogP contribution in [0.5, 0.6) is 0 Å². The number of furan rings is 1. The van der Waals surface area contributed by atoms with Gasteiger partial charge in [-0.3, -0.25) is 9.59 Å². The first-order valence-corrected chi connectivity index (χ1v) is 6.86. The van der Waals surface area contributed by atoms with Gasteiger partial charge in [0, 0.05) is 6.54 Å². The summed E-state index contributed by atoms with van der Waals surface area (Å²) < 4.78 is 4.96. The molecule has 0 aliphatic heterocycles. The molecule has 20 heavy (non-hydrogen) atoms. The summed E-state index contributed by atoms with van der Waals surface area (Å²) in [5, 5.41) is 14.8. The van der Waals surface area contributed by atoms with Gasteiger partial charge >= 0.3 is 0 Å². The largest absolute Gasteiger partial charge is 0.459 e. The molecule has 0 saturated heterocycles. The normalized spacial score (nSPS) is 23.3. The van der Waals surface area contributed by atoms with Crippen LogP contribution in [0.25, 0.3) is 0 Å². The van der Waals surface area contributed by atoms with Crippen LogP contribution in [0.3, 0.4) is 0 Å². The standard InChI is InChI=1S/C14H20N2O4/c1-9(16-14(19)12-3-2-6-20-12)13(18)15-8-10-4-5-11(17)7-10/h2-3,6,9-11,17H,4-5,7-8H2,1H3,(H,15,18)(H,16,19). The third-order valence-corrected chi connectivity index (χ3v) is 3.56. The number of carbonyl (C=O) groups is 2. The van der Waals surface area contributed by atoms with E-state index in [2.05, 4.69) is 10.6 Å². The Kier molecular flexibility index (Phi) is 4.79. The molecular weight excluding hydrogens is 260 g/mol. The molecule has 1 aliphatic carbocycles. The van der Waals surface area contributed by atoms with Gasteiger partial charge in [-0.2, -0.15) is 0 Å². The average Bonchev–Trinajstić information content (AvgIpc) is 3.06. The van der Waals surface area contributed by atoms with Crippen molar-refractivity contribution in [3.8, 4) is 0 Å². The van der Waals surface area contributed by atoms with Crippen molar-refractivity contribution in [1.29, 1.82) is 0 Å². The molecule has 3 atom stereocenters. The third-order valence-electron chi connectivity index (χ3n) is 3.56. The molecule has 0 aromatic carbocycles. The Morgan fingerprint density at radius 1 is 1.50 bits per heavy atom. The average molecular weight is 280 g/mol. The number of aliphatic hydroxyl groups is 1. The molecule has 1 aliphatic rings. The summed E-state index contributed by atoms with van der Waals surface area (Å²) in [7, 11) is 0. The lowest BCUT2D eigenvalue weighted by Gasteiger charge is -2.15. The Hall–Kier alpha value is -1.82. The van der Waals surface area contributed by atoms with Crippen LogP contribution in [-0.2, 0) is 4.79 Å². The van der Waals surface area contributed by atoms with Gasteiger partial charge < -0.3 is 20.2 Å². The van der Waals surface area contributed by atoms with Crippen molar-refractivity contribution in [3.05, 3.63) is 24.2 Å². The summed E-state index contributed by atoms with van der Waals surface area (Å²) in [5.74, 6) is -0.134. The molecule has 1 heterocycles. The van der Waals surface area contributed by atoms with Gasteiger partial charge in [0.1, 0.15) is 6.04 Å². The van der Waals surface area contributed by atoms with E-state index in [4.69, 9.17) is 4.42 Å². The van der Waals surface area contributed by atoms with Crippen molar-refractivity contribution in [1.82, 2.24) is 10.6 Å². The SMILES string of the molecule is CC(NC(=O)c1ccco1)C(=O)NCC1CCC(O)C1. The lowest BCUT2D eigenvalue weighted by molar-refractivity contribution is -0.122. The summed E-state index contributed by atoms with van der Waals surface area (Å²) in [6.07, 6.45) is 3.62. The minimum Gasteiger partial charge on any atom is -0.459 e. The monoisotopic (exact) mass is 280 g/mol. The molecule has 0 bridgehead atoms. The Bertz CT molecular complexity index is 458. The number of amides is 2. The molecule has 0 spiro atoms. The summed E-state index contributed by atoms with van der Waals surface area (Å²) in [4.78, 5) is 23.6. The zero-order valence-electron chi connectivity index (χ0n) is 11.5. The summed E-state index contributed by atoms with van der Waals surface area (Å²) in [6, 6.07) is 2.53. The maximum atomic E-state index is 11.9. The third kappa shape index (κ3) is 3.84. The molecule has 2 amide bonds. The number of hydrogen-bond acceptors (Lipinski definition) is 4. The highest BCUT2D eigenvalue weighted by atomic mass is 16.3.